The summed E-state index contributed by atoms with van der Waals surface area (Å²) in [6, 6.07) is 11.5. The average molecular weight is 543 g/mol. The van der Waals surface area contributed by atoms with E-state index in [4.69, 9.17) is 23.2 Å². The smallest absolute Gasteiger partial charge is 0.278 e. The fraction of sp³-hybridized carbons (Fsp3) is 0.273. The minimum Gasteiger partial charge on any atom is -0.352 e. The summed E-state index contributed by atoms with van der Waals surface area (Å²) in [7, 11) is 0. The normalized spacial score (nSPS) is 15.1. The number of aromatic amines is 1. The predicted molar refractivity (Wildman–Crippen MR) is 141 cm³/mol. The lowest BCUT2D eigenvalue weighted by atomic mass is 10.2. The van der Waals surface area contributed by atoms with Crippen LogP contribution in [0.5, 0.6) is 0 Å². The second-order valence-electron chi connectivity index (χ2n) is 7.75. The Bertz CT molecular complexity index is 1310. The Morgan fingerprint density at radius 1 is 1.15 bits per heavy atom. The van der Waals surface area contributed by atoms with E-state index < -0.39 is 0 Å². The van der Waals surface area contributed by atoms with Crippen molar-refractivity contribution >= 4 is 70.8 Å². The molecule has 1 unspecified atom stereocenters. The summed E-state index contributed by atoms with van der Waals surface area (Å²) in [5.74, 6) is 1.33. The van der Waals surface area contributed by atoms with Gasteiger partial charge in [-0.15, -0.1) is 24.8 Å². The summed E-state index contributed by atoms with van der Waals surface area (Å²) >= 11 is 12.0. The lowest BCUT2D eigenvalue weighted by molar-refractivity contribution is 0.518. The molecule has 1 aromatic carbocycles. The van der Waals surface area contributed by atoms with Crippen molar-refractivity contribution in [1.82, 2.24) is 24.7 Å². The van der Waals surface area contributed by atoms with Gasteiger partial charge in [0.1, 0.15) is 11.3 Å². The fourth-order valence-electron chi connectivity index (χ4n) is 4.11. The average Bonchev–Trinajstić information content (AvgIpc) is 3.43. The summed E-state index contributed by atoms with van der Waals surface area (Å²) < 4.78 is 1.75. The maximum absolute atomic E-state index is 12.9. The Labute approximate surface area is 218 Å². The van der Waals surface area contributed by atoms with Gasteiger partial charge in [0.25, 0.3) is 5.56 Å². The second-order valence-corrected chi connectivity index (χ2v) is 8.57. The van der Waals surface area contributed by atoms with Crippen molar-refractivity contribution in [1.29, 1.82) is 0 Å². The molecule has 0 spiro atoms. The number of nitrogens with one attached hydrogen (secondary N) is 2. The molecule has 12 heteroatoms. The summed E-state index contributed by atoms with van der Waals surface area (Å²) in [4.78, 5) is 27.0. The molecule has 0 saturated carbocycles. The first-order valence-electron chi connectivity index (χ1n) is 10.4. The van der Waals surface area contributed by atoms with E-state index in [2.05, 4.69) is 30.3 Å². The standard InChI is InChI=1S/C22H21Cl2N7O.2ClH/c23-16-7-6-14(10-17(16)24)11-26-22-28-18-12-27-31(20(18)21(32)29-22)13-15-4-3-9-30(15)19-5-1-2-8-25-19;;/h1-2,5-8,10,12,15H,3-4,9,11,13H2,(H2,26,28,29,32);2*1H. The third kappa shape index (κ3) is 5.41. The quantitative estimate of drug-likeness (QED) is 0.358. The van der Waals surface area contributed by atoms with Crippen LogP contribution in [0.4, 0.5) is 11.8 Å². The van der Waals surface area contributed by atoms with Crippen molar-refractivity contribution in [3.8, 4) is 0 Å². The van der Waals surface area contributed by atoms with Crippen LogP contribution in [0.1, 0.15) is 18.4 Å². The molecule has 1 fully saturated rings. The number of fused-ring (bicyclic) bond motifs is 1. The first-order valence-corrected chi connectivity index (χ1v) is 11.2. The van der Waals surface area contributed by atoms with Gasteiger partial charge in [0, 0.05) is 19.3 Å². The van der Waals surface area contributed by atoms with Gasteiger partial charge in [-0.05, 0) is 42.7 Å². The molecule has 2 N–H and O–H groups in total. The molecule has 0 bridgehead atoms. The van der Waals surface area contributed by atoms with E-state index in [9.17, 15) is 4.79 Å². The molecule has 3 aromatic heterocycles. The monoisotopic (exact) mass is 541 g/mol. The highest BCUT2D eigenvalue weighted by atomic mass is 35.5. The Morgan fingerprint density at radius 3 is 2.76 bits per heavy atom. The summed E-state index contributed by atoms with van der Waals surface area (Å²) in [6.07, 6.45) is 5.54. The molecular formula is C22H23Cl4N7O. The largest absolute Gasteiger partial charge is 0.352 e. The van der Waals surface area contributed by atoms with Gasteiger partial charge in [0.15, 0.2) is 5.52 Å². The number of pyridine rings is 1. The Morgan fingerprint density at radius 2 is 2.00 bits per heavy atom. The van der Waals surface area contributed by atoms with Gasteiger partial charge in [0.05, 0.1) is 28.8 Å². The minimum absolute atomic E-state index is 0. The zero-order chi connectivity index (χ0) is 22.1. The van der Waals surface area contributed by atoms with Crippen molar-refractivity contribution in [2.24, 2.45) is 0 Å². The number of rotatable bonds is 6. The van der Waals surface area contributed by atoms with Crippen molar-refractivity contribution in [2.75, 3.05) is 16.8 Å². The Kier molecular flexibility index (Phi) is 8.65. The van der Waals surface area contributed by atoms with Crippen LogP contribution in [-0.4, -0.2) is 37.3 Å². The maximum Gasteiger partial charge on any atom is 0.278 e. The molecule has 0 aliphatic carbocycles. The van der Waals surface area contributed by atoms with E-state index in [0.717, 1.165) is 30.8 Å². The van der Waals surface area contributed by atoms with Crippen LogP contribution in [0, 0.1) is 0 Å². The molecule has 4 aromatic rings. The van der Waals surface area contributed by atoms with Gasteiger partial charge in [-0.2, -0.15) is 5.10 Å². The van der Waals surface area contributed by atoms with E-state index in [0.29, 0.717) is 40.1 Å². The molecule has 180 valence electrons. The fourth-order valence-corrected chi connectivity index (χ4v) is 4.43. The molecule has 0 radical (unpaired) electrons. The molecule has 34 heavy (non-hydrogen) atoms. The van der Waals surface area contributed by atoms with Crippen LogP contribution in [-0.2, 0) is 13.1 Å². The minimum atomic E-state index is -0.230. The summed E-state index contributed by atoms with van der Waals surface area (Å²) in [6.45, 7) is 1.99. The summed E-state index contributed by atoms with van der Waals surface area (Å²) in [5, 5.41) is 8.57. The number of halogens is 4. The van der Waals surface area contributed by atoms with Gasteiger partial charge in [-0.1, -0.05) is 35.3 Å². The zero-order valence-electron chi connectivity index (χ0n) is 17.9. The van der Waals surface area contributed by atoms with Gasteiger partial charge in [-0.25, -0.2) is 9.97 Å². The predicted octanol–water partition coefficient (Wildman–Crippen LogP) is 4.95. The van der Waals surface area contributed by atoms with E-state index in [1.165, 1.54) is 0 Å². The SMILES string of the molecule is Cl.Cl.O=c1[nH]c(NCc2ccc(Cl)c(Cl)c2)nc2cnn(CC3CCCN3c3ccccn3)c12. The third-order valence-electron chi connectivity index (χ3n) is 5.65. The first kappa shape index (κ1) is 26.1. The van der Waals surface area contributed by atoms with E-state index in [-0.39, 0.29) is 36.4 Å². The number of H-pyrrole nitrogens is 1. The molecular weight excluding hydrogens is 520 g/mol. The first-order chi connectivity index (χ1) is 15.6. The molecule has 4 heterocycles. The number of anilines is 2. The highest BCUT2D eigenvalue weighted by molar-refractivity contribution is 6.42. The van der Waals surface area contributed by atoms with Crippen LogP contribution >= 0.6 is 48.0 Å². The third-order valence-corrected chi connectivity index (χ3v) is 6.39. The van der Waals surface area contributed by atoms with Crippen LogP contribution in [0.3, 0.4) is 0 Å². The van der Waals surface area contributed by atoms with Crippen LogP contribution < -0.4 is 15.8 Å². The topological polar surface area (TPSA) is 91.7 Å². The van der Waals surface area contributed by atoms with Crippen LogP contribution in [0.15, 0.2) is 53.6 Å². The van der Waals surface area contributed by atoms with Gasteiger partial charge < -0.3 is 10.2 Å². The molecule has 1 aliphatic heterocycles. The number of aromatic nitrogens is 5. The van der Waals surface area contributed by atoms with Crippen LogP contribution in [0.25, 0.3) is 11.0 Å². The van der Waals surface area contributed by atoms with E-state index >= 15 is 0 Å². The van der Waals surface area contributed by atoms with Crippen molar-refractivity contribution in [3.05, 3.63) is 74.8 Å². The summed E-state index contributed by atoms with van der Waals surface area (Å²) in [5.41, 5.74) is 1.71. The van der Waals surface area contributed by atoms with Gasteiger partial charge >= 0.3 is 0 Å². The van der Waals surface area contributed by atoms with E-state index in [1.807, 2.05) is 24.3 Å². The Hall–Kier alpha value is -2.52. The molecule has 5 rings (SSSR count). The Balaban J connectivity index is 0.00000162. The molecule has 8 nitrogen and oxygen atoms in total. The number of hydrogen-bond acceptors (Lipinski definition) is 6. The second kappa shape index (κ2) is 11.3. The number of nitrogens with zero attached hydrogens (tertiary/aromatic N) is 5. The molecule has 0 amide bonds. The molecule has 1 saturated heterocycles. The van der Waals surface area contributed by atoms with Gasteiger partial charge in [0.2, 0.25) is 5.95 Å². The lowest BCUT2D eigenvalue weighted by Crippen LogP contribution is -2.34. The number of hydrogen-bond donors (Lipinski definition) is 2. The highest BCUT2D eigenvalue weighted by Gasteiger charge is 2.27. The van der Waals surface area contributed by atoms with Gasteiger partial charge in [-0.3, -0.25) is 14.5 Å². The number of benzene rings is 1. The maximum atomic E-state index is 12.9. The van der Waals surface area contributed by atoms with Crippen molar-refractivity contribution in [2.45, 2.75) is 32.0 Å². The highest BCUT2D eigenvalue weighted by Crippen LogP contribution is 2.25. The van der Waals surface area contributed by atoms with Crippen LogP contribution in [0.2, 0.25) is 10.0 Å². The lowest BCUT2D eigenvalue weighted by Gasteiger charge is -2.25. The van der Waals surface area contributed by atoms with E-state index in [1.54, 1.807) is 29.2 Å². The zero-order valence-corrected chi connectivity index (χ0v) is 21.1. The molecule has 1 atom stereocenters. The van der Waals surface area contributed by atoms with Crippen molar-refractivity contribution < 1.29 is 0 Å². The molecule has 1 aliphatic rings. The van der Waals surface area contributed by atoms with Crippen molar-refractivity contribution in [3.63, 3.8) is 0 Å².